The van der Waals surface area contributed by atoms with Gasteiger partial charge in [0.2, 0.25) is 0 Å². The number of anilines is 1. The molecule has 8 heteroatoms. The Morgan fingerprint density at radius 3 is 2.54 bits per heavy atom. The van der Waals surface area contributed by atoms with Crippen molar-refractivity contribution in [1.29, 1.82) is 0 Å². The topological polar surface area (TPSA) is 89.0 Å². The summed E-state index contributed by atoms with van der Waals surface area (Å²) < 4.78 is 10.4. The summed E-state index contributed by atoms with van der Waals surface area (Å²) >= 11 is 5.98. The Labute approximate surface area is 155 Å². The summed E-state index contributed by atoms with van der Waals surface area (Å²) in [5.41, 5.74) is 4.02. The highest BCUT2D eigenvalue weighted by Gasteiger charge is 2.13. The Morgan fingerprint density at radius 1 is 1.12 bits per heavy atom. The number of ether oxygens (including phenoxy) is 2. The molecule has 2 rings (SSSR count). The van der Waals surface area contributed by atoms with E-state index in [1.807, 2.05) is 6.92 Å². The number of aryl methyl sites for hydroxylation is 1. The predicted molar refractivity (Wildman–Crippen MR) is 100 cm³/mol. The summed E-state index contributed by atoms with van der Waals surface area (Å²) in [4.78, 5) is 23.7. The number of hydrogen-bond donors (Lipinski definition) is 2. The van der Waals surface area contributed by atoms with Gasteiger partial charge < -0.3 is 14.8 Å². The highest BCUT2D eigenvalue weighted by Crippen LogP contribution is 2.29. The molecule has 0 fully saturated rings. The van der Waals surface area contributed by atoms with Gasteiger partial charge in [0.25, 0.3) is 0 Å². The highest BCUT2D eigenvalue weighted by molar-refractivity contribution is 6.39. The lowest BCUT2D eigenvalue weighted by atomic mass is 10.2. The lowest BCUT2D eigenvalue weighted by Crippen LogP contribution is -2.32. The van der Waals surface area contributed by atoms with E-state index in [-0.39, 0.29) is 0 Å². The maximum absolute atomic E-state index is 11.9. The third-order valence-electron chi connectivity index (χ3n) is 3.44. The standard InChI is InChI=1S/C18H18ClN3O4/c1-11-7-8-13(9-14(11)19)21-17(23)18(24)22-20-10-12-5-4-6-15(25-2)16(12)26-3/h4-10H,1-3H3,(H,21,23)(H,22,24)/b20-10-. The van der Waals surface area contributed by atoms with Crippen molar-refractivity contribution in [2.24, 2.45) is 5.10 Å². The van der Waals surface area contributed by atoms with Gasteiger partial charge in [-0.1, -0.05) is 23.7 Å². The second-order valence-electron chi connectivity index (χ2n) is 5.20. The molecule has 0 aliphatic heterocycles. The van der Waals surface area contributed by atoms with E-state index in [0.29, 0.717) is 27.8 Å². The van der Waals surface area contributed by atoms with Crippen LogP contribution in [0.1, 0.15) is 11.1 Å². The van der Waals surface area contributed by atoms with Crippen LogP contribution >= 0.6 is 11.6 Å². The summed E-state index contributed by atoms with van der Waals surface area (Å²) in [5.74, 6) is -0.789. The van der Waals surface area contributed by atoms with Crippen LogP contribution in [0, 0.1) is 6.92 Å². The third-order valence-corrected chi connectivity index (χ3v) is 3.85. The first-order valence-electron chi connectivity index (χ1n) is 7.57. The van der Waals surface area contributed by atoms with E-state index in [1.54, 1.807) is 36.4 Å². The van der Waals surface area contributed by atoms with Crippen molar-refractivity contribution in [3.05, 3.63) is 52.5 Å². The number of nitrogens with zero attached hydrogens (tertiary/aromatic N) is 1. The first-order chi connectivity index (χ1) is 12.5. The predicted octanol–water partition coefficient (Wildman–Crippen LogP) is 2.75. The number of carbonyl (C=O) groups is 2. The lowest BCUT2D eigenvalue weighted by molar-refractivity contribution is -0.136. The van der Waals surface area contributed by atoms with Crippen molar-refractivity contribution in [1.82, 2.24) is 5.43 Å². The molecule has 0 aromatic heterocycles. The molecule has 0 saturated heterocycles. The van der Waals surface area contributed by atoms with Crippen LogP contribution in [0.25, 0.3) is 0 Å². The SMILES string of the molecule is COc1cccc(/C=N\NC(=O)C(=O)Nc2ccc(C)c(Cl)c2)c1OC. The van der Waals surface area contributed by atoms with Gasteiger partial charge in [-0.2, -0.15) is 5.10 Å². The van der Waals surface area contributed by atoms with Crippen molar-refractivity contribution >= 4 is 35.3 Å². The van der Waals surface area contributed by atoms with E-state index in [4.69, 9.17) is 21.1 Å². The molecular weight excluding hydrogens is 358 g/mol. The average molecular weight is 376 g/mol. The van der Waals surface area contributed by atoms with Crippen LogP contribution in [0.4, 0.5) is 5.69 Å². The Hall–Kier alpha value is -3.06. The van der Waals surface area contributed by atoms with Crippen molar-refractivity contribution in [2.75, 3.05) is 19.5 Å². The van der Waals surface area contributed by atoms with Gasteiger partial charge in [0.15, 0.2) is 11.5 Å². The molecule has 0 aliphatic rings. The maximum Gasteiger partial charge on any atom is 0.329 e. The molecule has 2 amide bonds. The normalized spacial score (nSPS) is 10.5. The molecule has 2 N–H and O–H groups in total. The Kier molecular flexibility index (Phi) is 6.57. The molecule has 0 radical (unpaired) electrons. The molecule has 0 aliphatic carbocycles. The third kappa shape index (κ3) is 4.73. The van der Waals surface area contributed by atoms with Crippen molar-refractivity contribution in [2.45, 2.75) is 6.92 Å². The largest absolute Gasteiger partial charge is 0.493 e. The second-order valence-corrected chi connectivity index (χ2v) is 5.61. The molecule has 0 atom stereocenters. The van der Waals surface area contributed by atoms with Crippen LogP contribution in [0.15, 0.2) is 41.5 Å². The van der Waals surface area contributed by atoms with Crippen LogP contribution in [0.3, 0.4) is 0 Å². The van der Waals surface area contributed by atoms with Gasteiger partial charge in [0, 0.05) is 16.3 Å². The molecule has 7 nitrogen and oxygen atoms in total. The highest BCUT2D eigenvalue weighted by atomic mass is 35.5. The Bertz CT molecular complexity index is 852. The van der Waals surface area contributed by atoms with Crippen LogP contribution in [0.2, 0.25) is 5.02 Å². The minimum atomic E-state index is -0.917. The number of halogens is 1. The van der Waals surface area contributed by atoms with Gasteiger partial charge in [-0.25, -0.2) is 5.43 Å². The fraction of sp³-hybridized carbons (Fsp3) is 0.167. The number of rotatable bonds is 5. The monoisotopic (exact) mass is 375 g/mol. The van der Waals surface area contributed by atoms with Crippen LogP contribution < -0.4 is 20.2 Å². The zero-order valence-corrected chi connectivity index (χ0v) is 15.3. The second kappa shape index (κ2) is 8.87. The zero-order valence-electron chi connectivity index (χ0n) is 14.5. The molecule has 2 aromatic rings. The van der Waals surface area contributed by atoms with E-state index in [2.05, 4.69) is 15.8 Å². The molecular formula is C18H18ClN3O4. The Morgan fingerprint density at radius 2 is 1.88 bits per heavy atom. The minimum Gasteiger partial charge on any atom is -0.493 e. The van der Waals surface area contributed by atoms with Gasteiger partial charge in [-0.15, -0.1) is 0 Å². The van der Waals surface area contributed by atoms with E-state index < -0.39 is 11.8 Å². The van der Waals surface area contributed by atoms with Crippen LogP contribution in [-0.2, 0) is 9.59 Å². The summed E-state index contributed by atoms with van der Waals surface area (Å²) in [5, 5.41) is 6.71. The molecule has 0 saturated carbocycles. The number of hydrogen-bond acceptors (Lipinski definition) is 5. The molecule has 26 heavy (non-hydrogen) atoms. The van der Waals surface area contributed by atoms with Crippen LogP contribution in [-0.4, -0.2) is 32.2 Å². The molecule has 0 unspecified atom stereocenters. The fourth-order valence-electron chi connectivity index (χ4n) is 2.08. The number of methoxy groups -OCH3 is 2. The van der Waals surface area contributed by atoms with Crippen molar-refractivity contribution in [3.8, 4) is 11.5 Å². The molecule has 2 aromatic carbocycles. The first-order valence-corrected chi connectivity index (χ1v) is 7.95. The molecule has 0 heterocycles. The van der Waals surface area contributed by atoms with E-state index in [9.17, 15) is 9.59 Å². The number of carbonyl (C=O) groups excluding carboxylic acids is 2. The number of amides is 2. The first kappa shape index (κ1) is 19.3. The zero-order chi connectivity index (χ0) is 19.1. The Balaban J connectivity index is 2.00. The molecule has 0 spiro atoms. The number of benzene rings is 2. The molecule has 0 bridgehead atoms. The van der Waals surface area contributed by atoms with Gasteiger partial charge in [-0.3, -0.25) is 9.59 Å². The van der Waals surface area contributed by atoms with Gasteiger partial charge in [0.05, 0.1) is 20.4 Å². The van der Waals surface area contributed by atoms with Gasteiger partial charge in [-0.05, 0) is 36.8 Å². The van der Waals surface area contributed by atoms with E-state index >= 15 is 0 Å². The number of hydrazone groups is 1. The summed E-state index contributed by atoms with van der Waals surface area (Å²) in [6.45, 7) is 1.84. The number of para-hydroxylation sites is 1. The van der Waals surface area contributed by atoms with E-state index in [0.717, 1.165) is 5.56 Å². The van der Waals surface area contributed by atoms with Crippen LogP contribution in [0.5, 0.6) is 11.5 Å². The fourth-order valence-corrected chi connectivity index (χ4v) is 2.26. The maximum atomic E-state index is 11.9. The summed E-state index contributed by atoms with van der Waals surface area (Å²) in [6.07, 6.45) is 1.36. The summed E-state index contributed by atoms with van der Waals surface area (Å²) in [7, 11) is 3.01. The average Bonchev–Trinajstić information content (AvgIpc) is 2.64. The molecule has 136 valence electrons. The van der Waals surface area contributed by atoms with E-state index in [1.165, 1.54) is 20.4 Å². The summed E-state index contributed by atoms with van der Waals surface area (Å²) in [6, 6.07) is 10.2. The quantitative estimate of drug-likeness (QED) is 0.477. The lowest BCUT2D eigenvalue weighted by Gasteiger charge is -2.09. The van der Waals surface area contributed by atoms with Crippen molar-refractivity contribution < 1.29 is 19.1 Å². The van der Waals surface area contributed by atoms with Gasteiger partial charge >= 0.3 is 11.8 Å². The van der Waals surface area contributed by atoms with Crippen molar-refractivity contribution in [3.63, 3.8) is 0 Å². The minimum absolute atomic E-state index is 0.416. The smallest absolute Gasteiger partial charge is 0.329 e. The van der Waals surface area contributed by atoms with Gasteiger partial charge in [0.1, 0.15) is 0 Å². The number of nitrogens with one attached hydrogen (secondary N) is 2.